The fraction of sp³-hybridized carbons (Fsp3) is 0.600. The van der Waals surface area contributed by atoms with Gasteiger partial charge in [0.15, 0.2) is 0 Å². The van der Waals surface area contributed by atoms with Gasteiger partial charge in [0, 0.05) is 11.0 Å². The van der Waals surface area contributed by atoms with E-state index < -0.39 is 17.9 Å². The lowest BCUT2D eigenvalue weighted by atomic mass is 9.64. The first-order valence-electron chi connectivity index (χ1n) is 4.33. The van der Waals surface area contributed by atoms with Crippen molar-refractivity contribution in [1.82, 2.24) is 0 Å². The summed E-state index contributed by atoms with van der Waals surface area (Å²) in [6.45, 7) is 3.75. The first-order chi connectivity index (χ1) is 6.44. The van der Waals surface area contributed by atoms with Gasteiger partial charge in [-0.2, -0.15) is 0 Å². The van der Waals surface area contributed by atoms with E-state index in [0.717, 1.165) is 0 Å². The Morgan fingerprint density at radius 1 is 1.29 bits per heavy atom. The largest absolute Gasteiger partial charge is 0.469 e. The summed E-state index contributed by atoms with van der Waals surface area (Å²) in [6, 6.07) is 0. The average molecular weight is 198 g/mol. The Kier molecular flexibility index (Phi) is 2.64. The van der Waals surface area contributed by atoms with Gasteiger partial charge in [0.05, 0.1) is 20.1 Å². The molecule has 1 atom stereocenters. The summed E-state index contributed by atoms with van der Waals surface area (Å²) in [4.78, 5) is 22.6. The van der Waals surface area contributed by atoms with Crippen LogP contribution in [0, 0.1) is 11.3 Å². The van der Waals surface area contributed by atoms with E-state index in [0.29, 0.717) is 5.57 Å². The van der Waals surface area contributed by atoms with Crippen molar-refractivity contribution >= 4 is 11.9 Å². The van der Waals surface area contributed by atoms with Gasteiger partial charge in [0.2, 0.25) is 0 Å². The summed E-state index contributed by atoms with van der Waals surface area (Å²) in [5.41, 5.74) is 0.0701. The normalized spacial score (nSPS) is 23.1. The van der Waals surface area contributed by atoms with Gasteiger partial charge in [-0.1, -0.05) is 19.9 Å². The van der Waals surface area contributed by atoms with Crippen LogP contribution in [0.3, 0.4) is 0 Å². The molecule has 1 aliphatic carbocycles. The molecule has 0 spiro atoms. The third-order valence-corrected chi connectivity index (χ3v) is 2.44. The topological polar surface area (TPSA) is 52.6 Å². The van der Waals surface area contributed by atoms with Gasteiger partial charge in [0.1, 0.15) is 0 Å². The van der Waals surface area contributed by atoms with Gasteiger partial charge >= 0.3 is 11.9 Å². The third-order valence-electron chi connectivity index (χ3n) is 2.44. The maximum atomic E-state index is 11.4. The van der Waals surface area contributed by atoms with Crippen LogP contribution in [0.15, 0.2) is 11.6 Å². The predicted molar refractivity (Wildman–Crippen MR) is 49.4 cm³/mol. The van der Waals surface area contributed by atoms with Crippen LogP contribution in [0.2, 0.25) is 0 Å². The van der Waals surface area contributed by atoms with E-state index in [1.807, 2.05) is 13.8 Å². The Morgan fingerprint density at radius 2 is 1.86 bits per heavy atom. The monoisotopic (exact) mass is 198 g/mol. The molecule has 78 valence electrons. The second-order valence-electron chi connectivity index (χ2n) is 3.87. The fourth-order valence-corrected chi connectivity index (χ4v) is 1.72. The summed E-state index contributed by atoms with van der Waals surface area (Å²) in [7, 11) is 2.61. The highest BCUT2D eigenvalue weighted by Crippen LogP contribution is 2.45. The van der Waals surface area contributed by atoms with Crippen molar-refractivity contribution in [3.63, 3.8) is 0 Å². The van der Waals surface area contributed by atoms with Crippen LogP contribution < -0.4 is 0 Å². The van der Waals surface area contributed by atoms with E-state index in [2.05, 4.69) is 9.47 Å². The van der Waals surface area contributed by atoms with Crippen LogP contribution in [0.1, 0.15) is 13.8 Å². The molecule has 0 aromatic rings. The zero-order valence-corrected chi connectivity index (χ0v) is 8.79. The van der Waals surface area contributed by atoms with Crippen molar-refractivity contribution in [1.29, 1.82) is 0 Å². The van der Waals surface area contributed by atoms with Crippen LogP contribution in [-0.4, -0.2) is 26.2 Å². The van der Waals surface area contributed by atoms with Crippen LogP contribution in [0.4, 0.5) is 0 Å². The molecular weight excluding hydrogens is 184 g/mol. The van der Waals surface area contributed by atoms with E-state index in [9.17, 15) is 9.59 Å². The smallest absolute Gasteiger partial charge is 0.334 e. The number of hydrogen-bond acceptors (Lipinski definition) is 4. The summed E-state index contributed by atoms with van der Waals surface area (Å²) in [6.07, 6.45) is 1.74. The number of esters is 2. The van der Waals surface area contributed by atoms with Gasteiger partial charge in [-0.05, 0) is 0 Å². The number of carbonyl (C=O) groups excluding carboxylic acids is 2. The maximum Gasteiger partial charge on any atom is 0.334 e. The number of ether oxygens (including phenoxy) is 2. The van der Waals surface area contributed by atoms with Gasteiger partial charge in [0.25, 0.3) is 0 Å². The molecule has 0 saturated heterocycles. The molecular formula is C10H14O4. The lowest BCUT2D eigenvalue weighted by Gasteiger charge is -2.39. The minimum atomic E-state index is -0.500. The van der Waals surface area contributed by atoms with Gasteiger partial charge in [-0.3, -0.25) is 4.79 Å². The predicted octanol–water partition coefficient (Wildman–Crippen LogP) is 0.915. The summed E-state index contributed by atoms with van der Waals surface area (Å²) >= 11 is 0. The molecule has 0 aromatic heterocycles. The maximum absolute atomic E-state index is 11.4. The molecule has 0 N–H and O–H groups in total. The zero-order valence-electron chi connectivity index (χ0n) is 8.79. The molecule has 0 bridgehead atoms. The summed E-state index contributed by atoms with van der Waals surface area (Å²) < 4.78 is 9.18. The molecule has 0 fully saturated rings. The quantitative estimate of drug-likeness (QED) is 0.619. The van der Waals surface area contributed by atoms with E-state index in [4.69, 9.17) is 0 Å². The molecule has 0 radical (unpaired) electrons. The van der Waals surface area contributed by atoms with Crippen LogP contribution in [0.5, 0.6) is 0 Å². The van der Waals surface area contributed by atoms with E-state index in [1.165, 1.54) is 14.2 Å². The Morgan fingerprint density at radius 3 is 2.21 bits per heavy atom. The van der Waals surface area contributed by atoms with Crippen molar-refractivity contribution in [3.05, 3.63) is 11.6 Å². The van der Waals surface area contributed by atoms with Crippen molar-refractivity contribution in [2.45, 2.75) is 13.8 Å². The molecule has 0 aromatic carbocycles. The summed E-state index contributed by atoms with van der Waals surface area (Å²) in [5.74, 6) is -1.35. The number of hydrogen-bond donors (Lipinski definition) is 0. The highest BCUT2D eigenvalue weighted by Gasteiger charge is 2.48. The molecule has 4 heteroatoms. The first kappa shape index (κ1) is 10.8. The Balaban J connectivity index is 2.90. The van der Waals surface area contributed by atoms with Crippen LogP contribution in [-0.2, 0) is 19.1 Å². The molecule has 0 amide bonds. The molecule has 1 aliphatic rings. The van der Waals surface area contributed by atoms with Crippen molar-refractivity contribution < 1.29 is 19.1 Å². The van der Waals surface area contributed by atoms with Gasteiger partial charge in [-0.15, -0.1) is 0 Å². The Hall–Kier alpha value is -1.32. The lowest BCUT2D eigenvalue weighted by Crippen LogP contribution is -2.42. The number of allylic oxidation sites excluding steroid dienone is 1. The second kappa shape index (κ2) is 3.44. The Bertz CT molecular complexity index is 301. The highest BCUT2D eigenvalue weighted by molar-refractivity contribution is 5.98. The third kappa shape index (κ3) is 1.52. The molecule has 4 nitrogen and oxygen atoms in total. The van der Waals surface area contributed by atoms with E-state index in [-0.39, 0.29) is 5.41 Å². The van der Waals surface area contributed by atoms with Crippen molar-refractivity contribution in [2.75, 3.05) is 14.2 Å². The Labute approximate surface area is 82.9 Å². The van der Waals surface area contributed by atoms with Crippen molar-refractivity contribution in [2.24, 2.45) is 11.3 Å². The standard InChI is InChI=1S/C10H14O4/c1-10(2)5-6(8(11)13-3)7(10)9(12)14-4/h5,7H,1-4H3. The zero-order chi connectivity index (χ0) is 10.9. The molecule has 0 saturated carbocycles. The summed E-state index contributed by atoms with van der Waals surface area (Å²) in [5, 5.41) is 0. The van der Waals surface area contributed by atoms with E-state index in [1.54, 1.807) is 6.08 Å². The molecule has 14 heavy (non-hydrogen) atoms. The minimum Gasteiger partial charge on any atom is -0.469 e. The molecule has 1 rings (SSSR count). The SMILES string of the molecule is COC(=O)C1=CC(C)(C)C1C(=O)OC. The van der Waals surface area contributed by atoms with Gasteiger partial charge < -0.3 is 9.47 Å². The van der Waals surface area contributed by atoms with Crippen LogP contribution in [0.25, 0.3) is 0 Å². The molecule has 0 aliphatic heterocycles. The van der Waals surface area contributed by atoms with Crippen LogP contribution >= 0.6 is 0 Å². The van der Waals surface area contributed by atoms with Gasteiger partial charge in [-0.25, -0.2) is 4.79 Å². The lowest BCUT2D eigenvalue weighted by molar-refractivity contribution is -0.152. The highest BCUT2D eigenvalue weighted by atomic mass is 16.5. The number of methoxy groups -OCH3 is 2. The molecule has 0 heterocycles. The number of rotatable bonds is 2. The number of carbonyl (C=O) groups is 2. The first-order valence-corrected chi connectivity index (χ1v) is 4.33. The molecule has 1 unspecified atom stereocenters. The van der Waals surface area contributed by atoms with E-state index >= 15 is 0 Å². The van der Waals surface area contributed by atoms with Crippen molar-refractivity contribution in [3.8, 4) is 0 Å². The average Bonchev–Trinajstić information content (AvgIpc) is 2.13. The minimum absolute atomic E-state index is 0.323. The second-order valence-corrected chi connectivity index (χ2v) is 3.87. The fourth-order valence-electron chi connectivity index (χ4n) is 1.72.